The molecule has 6 nitrogen and oxygen atoms in total. The molecule has 0 radical (unpaired) electrons. The number of nitrogens with zero attached hydrogens (tertiary/aromatic N) is 2. The number of ether oxygens (including phenoxy) is 1. The van der Waals surface area contributed by atoms with E-state index in [-0.39, 0.29) is 12.7 Å². The summed E-state index contributed by atoms with van der Waals surface area (Å²) in [6.45, 7) is 1.98. The highest BCUT2D eigenvalue weighted by atomic mass is 16.5. The van der Waals surface area contributed by atoms with Crippen molar-refractivity contribution in [2.75, 3.05) is 32.8 Å². The van der Waals surface area contributed by atoms with Gasteiger partial charge in [0.25, 0.3) is 0 Å². The van der Waals surface area contributed by atoms with Crippen molar-refractivity contribution in [2.45, 2.75) is 57.0 Å². The summed E-state index contributed by atoms with van der Waals surface area (Å²) >= 11 is 0. The molecule has 2 aromatic rings. The van der Waals surface area contributed by atoms with Gasteiger partial charge >= 0.3 is 0 Å². The van der Waals surface area contributed by atoms with Crippen LogP contribution in [0.2, 0.25) is 0 Å². The van der Waals surface area contributed by atoms with Gasteiger partial charge < -0.3 is 24.6 Å². The molecule has 0 saturated heterocycles. The Morgan fingerprint density at radius 1 is 1.04 bits per heavy atom. The molecule has 2 atom stereocenters. The van der Waals surface area contributed by atoms with Gasteiger partial charge in [-0.3, -0.25) is 4.90 Å². The second-order valence-electron chi connectivity index (χ2n) is 7.91. The molecule has 156 valence electrons. The summed E-state index contributed by atoms with van der Waals surface area (Å²) in [5, 5.41) is 31.4. The van der Waals surface area contributed by atoms with Crippen LogP contribution in [0.1, 0.15) is 32.1 Å². The molecule has 3 rings (SSSR count). The van der Waals surface area contributed by atoms with Gasteiger partial charge in [-0.2, -0.15) is 0 Å². The first-order chi connectivity index (χ1) is 13.7. The summed E-state index contributed by atoms with van der Waals surface area (Å²) in [6, 6.07) is 10.1. The average Bonchev–Trinajstić information content (AvgIpc) is 3.10. The van der Waals surface area contributed by atoms with Crippen molar-refractivity contribution in [1.82, 2.24) is 9.47 Å². The largest absolute Gasteiger partial charge is 0.395 e. The zero-order valence-electron chi connectivity index (χ0n) is 16.6. The van der Waals surface area contributed by atoms with Crippen LogP contribution in [-0.2, 0) is 11.3 Å². The van der Waals surface area contributed by atoms with E-state index < -0.39 is 12.2 Å². The Kier molecular flexibility index (Phi) is 8.30. The molecule has 28 heavy (non-hydrogen) atoms. The topological polar surface area (TPSA) is 78.1 Å². The van der Waals surface area contributed by atoms with Crippen molar-refractivity contribution in [3.05, 3.63) is 36.5 Å². The van der Waals surface area contributed by atoms with Crippen molar-refractivity contribution in [2.24, 2.45) is 0 Å². The van der Waals surface area contributed by atoms with E-state index in [1.54, 1.807) is 0 Å². The smallest absolute Gasteiger partial charge is 0.0900 e. The minimum atomic E-state index is -0.618. The maximum Gasteiger partial charge on any atom is 0.0900 e. The van der Waals surface area contributed by atoms with E-state index >= 15 is 0 Å². The second-order valence-corrected chi connectivity index (χ2v) is 7.91. The first kappa shape index (κ1) is 21.3. The van der Waals surface area contributed by atoms with Gasteiger partial charge in [-0.05, 0) is 30.4 Å². The quantitative estimate of drug-likeness (QED) is 0.547. The lowest BCUT2D eigenvalue weighted by molar-refractivity contribution is -0.0381. The van der Waals surface area contributed by atoms with Crippen LogP contribution in [0.15, 0.2) is 36.5 Å². The summed E-state index contributed by atoms with van der Waals surface area (Å²) in [5.74, 6) is 0. The highest BCUT2D eigenvalue weighted by Crippen LogP contribution is 2.20. The lowest BCUT2D eigenvalue weighted by Crippen LogP contribution is -2.42. The minimum Gasteiger partial charge on any atom is -0.395 e. The van der Waals surface area contributed by atoms with Crippen molar-refractivity contribution >= 4 is 10.9 Å². The van der Waals surface area contributed by atoms with Gasteiger partial charge in [-0.1, -0.05) is 37.5 Å². The van der Waals surface area contributed by atoms with E-state index in [2.05, 4.69) is 6.07 Å². The van der Waals surface area contributed by atoms with Gasteiger partial charge in [0.15, 0.2) is 0 Å². The van der Waals surface area contributed by atoms with Crippen molar-refractivity contribution in [3.63, 3.8) is 0 Å². The molecule has 6 heteroatoms. The minimum absolute atomic E-state index is 0.00459. The molecule has 1 fully saturated rings. The molecule has 0 unspecified atom stereocenters. The van der Waals surface area contributed by atoms with Crippen LogP contribution >= 0.6 is 0 Å². The van der Waals surface area contributed by atoms with Crippen LogP contribution in [0.5, 0.6) is 0 Å². The van der Waals surface area contributed by atoms with Crippen LogP contribution in [0.25, 0.3) is 10.9 Å². The van der Waals surface area contributed by atoms with E-state index in [4.69, 9.17) is 4.74 Å². The fraction of sp³-hybridized carbons (Fsp3) is 0.636. The van der Waals surface area contributed by atoms with Crippen LogP contribution in [0.4, 0.5) is 0 Å². The second kappa shape index (κ2) is 10.9. The molecule has 0 bridgehead atoms. The molecular weight excluding hydrogens is 356 g/mol. The number of aromatic nitrogens is 1. The summed E-state index contributed by atoms with van der Waals surface area (Å²) in [6.07, 6.45) is 6.89. The standard InChI is InChI=1S/C22H34N2O4/c25-13-12-23(15-20(27)17-28-21-7-2-1-3-8-21)14-19(26)16-24-11-10-18-6-4-5-9-22(18)24/h4-6,9-11,19-21,25-27H,1-3,7-8,12-17H2/t19-,20-/m0/s1. The molecule has 1 aliphatic carbocycles. The maximum absolute atomic E-state index is 10.6. The fourth-order valence-corrected chi connectivity index (χ4v) is 4.11. The van der Waals surface area contributed by atoms with Gasteiger partial charge in [0, 0.05) is 37.9 Å². The third kappa shape index (κ3) is 6.29. The molecule has 0 aliphatic heterocycles. The summed E-state index contributed by atoms with van der Waals surface area (Å²) in [4.78, 5) is 1.91. The average molecular weight is 391 g/mol. The van der Waals surface area contributed by atoms with Crippen molar-refractivity contribution < 1.29 is 20.1 Å². The van der Waals surface area contributed by atoms with E-state index in [9.17, 15) is 15.3 Å². The van der Waals surface area contributed by atoms with Crippen LogP contribution in [0, 0.1) is 0 Å². The van der Waals surface area contributed by atoms with E-state index in [0.29, 0.717) is 32.8 Å². The number of hydrogen-bond acceptors (Lipinski definition) is 5. The Labute approximate surface area is 167 Å². The zero-order valence-corrected chi connectivity index (χ0v) is 16.6. The Morgan fingerprint density at radius 3 is 2.57 bits per heavy atom. The third-order valence-corrected chi connectivity index (χ3v) is 5.52. The summed E-state index contributed by atoms with van der Waals surface area (Å²) in [5.41, 5.74) is 1.09. The molecule has 1 aromatic heterocycles. The molecule has 1 aromatic carbocycles. The Hall–Kier alpha value is -1.44. The summed E-state index contributed by atoms with van der Waals surface area (Å²) in [7, 11) is 0. The van der Waals surface area contributed by atoms with Gasteiger partial charge in [0.1, 0.15) is 0 Å². The fourth-order valence-electron chi connectivity index (χ4n) is 4.11. The van der Waals surface area contributed by atoms with E-state index in [1.165, 1.54) is 19.3 Å². The first-order valence-corrected chi connectivity index (χ1v) is 10.5. The van der Waals surface area contributed by atoms with Crippen LogP contribution < -0.4 is 0 Å². The molecule has 3 N–H and O–H groups in total. The van der Waals surface area contributed by atoms with Gasteiger partial charge in [0.2, 0.25) is 0 Å². The van der Waals surface area contributed by atoms with Gasteiger partial charge in [0.05, 0.1) is 31.5 Å². The lowest BCUT2D eigenvalue weighted by Gasteiger charge is -2.28. The van der Waals surface area contributed by atoms with E-state index in [1.807, 2.05) is 39.9 Å². The number of para-hydroxylation sites is 1. The Bertz CT molecular complexity index is 699. The number of rotatable bonds is 11. The Balaban J connectivity index is 1.47. The third-order valence-electron chi connectivity index (χ3n) is 5.52. The zero-order chi connectivity index (χ0) is 19.8. The van der Waals surface area contributed by atoms with Crippen molar-refractivity contribution in [3.8, 4) is 0 Å². The predicted octanol–water partition coefficient (Wildman–Crippen LogP) is 2.01. The Morgan fingerprint density at radius 2 is 1.79 bits per heavy atom. The molecule has 1 aliphatic rings. The summed E-state index contributed by atoms with van der Waals surface area (Å²) < 4.78 is 7.90. The number of aliphatic hydroxyl groups is 3. The lowest BCUT2D eigenvalue weighted by atomic mass is 9.98. The normalized spacial score (nSPS) is 18.0. The molecule has 0 spiro atoms. The molecule has 0 amide bonds. The molecule has 1 saturated carbocycles. The van der Waals surface area contributed by atoms with E-state index in [0.717, 1.165) is 23.7 Å². The number of aliphatic hydroxyl groups excluding tert-OH is 3. The highest BCUT2D eigenvalue weighted by Gasteiger charge is 2.19. The predicted molar refractivity (Wildman–Crippen MR) is 110 cm³/mol. The first-order valence-electron chi connectivity index (χ1n) is 10.5. The molecular formula is C22H34N2O4. The number of benzene rings is 1. The van der Waals surface area contributed by atoms with Crippen LogP contribution in [0.3, 0.4) is 0 Å². The molecule has 1 heterocycles. The SMILES string of the molecule is OCCN(C[C@H](O)COC1CCCCC1)C[C@H](O)Cn1ccc2ccccc21. The van der Waals surface area contributed by atoms with Gasteiger partial charge in [-0.15, -0.1) is 0 Å². The maximum atomic E-state index is 10.6. The number of fused-ring (bicyclic) bond motifs is 1. The monoisotopic (exact) mass is 390 g/mol. The highest BCUT2D eigenvalue weighted by molar-refractivity contribution is 5.79. The van der Waals surface area contributed by atoms with Crippen molar-refractivity contribution in [1.29, 1.82) is 0 Å². The van der Waals surface area contributed by atoms with Gasteiger partial charge in [-0.25, -0.2) is 0 Å². The number of hydrogen-bond donors (Lipinski definition) is 3. The van der Waals surface area contributed by atoms with Crippen LogP contribution in [-0.4, -0.2) is 75.9 Å².